The Morgan fingerprint density at radius 2 is 1.96 bits per heavy atom. The molecule has 3 rings (SSSR count). The Balaban J connectivity index is 1.89. The summed E-state index contributed by atoms with van der Waals surface area (Å²) in [7, 11) is -3.69. The molecule has 8 heteroatoms. The molecule has 2 aliphatic rings. The van der Waals surface area contributed by atoms with E-state index in [-0.39, 0.29) is 10.6 Å². The standard InChI is InChI=1S/C15H21N3O4S/c19-18(20)13-5-6-14(16-8-7-12-3-4-12)15(11-13)23(21,22)17-9-1-2-10-17/h5-6,11-12,16H,1-4,7-10H2. The van der Waals surface area contributed by atoms with E-state index in [1.807, 2.05) is 0 Å². The lowest BCUT2D eigenvalue weighted by molar-refractivity contribution is -0.385. The lowest BCUT2D eigenvalue weighted by Crippen LogP contribution is -2.28. The summed E-state index contributed by atoms with van der Waals surface area (Å²) < 4.78 is 27.0. The summed E-state index contributed by atoms with van der Waals surface area (Å²) in [6.07, 6.45) is 5.14. The summed E-state index contributed by atoms with van der Waals surface area (Å²) in [4.78, 5) is 10.5. The van der Waals surface area contributed by atoms with E-state index in [9.17, 15) is 18.5 Å². The van der Waals surface area contributed by atoms with Crippen molar-refractivity contribution in [2.45, 2.75) is 37.0 Å². The summed E-state index contributed by atoms with van der Waals surface area (Å²) in [5, 5.41) is 14.2. The largest absolute Gasteiger partial charge is 0.384 e. The summed E-state index contributed by atoms with van der Waals surface area (Å²) in [6.45, 7) is 1.64. The third-order valence-corrected chi connectivity index (χ3v) is 6.36. The monoisotopic (exact) mass is 339 g/mol. The van der Waals surface area contributed by atoms with Crippen LogP contribution in [-0.2, 0) is 10.0 Å². The summed E-state index contributed by atoms with van der Waals surface area (Å²) in [5.74, 6) is 0.735. The van der Waals surface area contributed by atoms with Gasteiger partial charge in [0.1, 0.15) is 4.90 Å². The Labute approximate surface area is 135 Å². The molecule has 0 radical (unpaired) electrons. The molecular formula is C15H21N3O4S. The normalized spacial score (nSPS) is 19.0. The minimum Gasteiger partial charge on any atom is -0.384 e. The molecule has 0 bridgehead atoms. The van der Waals surface area contributed by atoms with Crippen LogP contribution in [0.15, 0.2) is 23.1 Å². The number of hydrogen-bond acceptors (Lipinski definition) is 5. The first-order chi connectivity index (χ1) is 11.0. The second kappa shape index (κ2) is 6.45. The summed E-state index contributed by atoms with van der Waals surface area (Å²) in [5.41, 5.74) is 0.263. The number of sulfonamides is 1. The first kappa shape index (κ1) is 16.2. The van der Waals surface area contributed by atoms with Crippen LogP contribution >= 0.6 is 0 Å². The maximum Gasteiger partial charge on any atom is 0.270 e. The number of hydrogen-bond donors (Lipinski definition) is 1. The van der Waals surface area contributed by atoms with Crippen molar-refractivity contribution >= 4 is 21.4 Å². The molecule has 7 nitrogen and oxygen atoms in total. The van der Waals surface area contributed by atoms with Gasteiger partial charge >= 0.3 is 0 Å². The van der Waals surface area contributed by atoms with Gasteiger partial charge in [0.15, 0.2) is 0 Å². The Kier molecular flexibility index (Phi) is 4.54. The second-order valence-corrected chi connectivity index (χ2v) is 8.11. The molecule has 0 unspecified atom stereocenters. The van der Waals surface area contributed by atoms with Crippen LogP contribution in [0.3, 0.4) is 0 Å². The zero-order valence-electron chi connectivity index (χ0n) is 12.9. The van der Waals surface area contributed by atoms with Crippen molar-refractivity contribution in [2.24, 2.45) is 5.92 Å². The topological polar surface area (TPSA) is 92.5 Å². The van der Waals surface area contributed by atoms with Gasteiger partial charge in [-0.05, 0) is 31.2 Å². The number of nitrogens with zero attached hydrogens (tertiary/aromatic N) is 2. The van der Waals surface area contributed by atoms with Gasteiger partial charge < -0.3 is 5.32 Å². The fourth-order valence-electron chi connectivity index (χ4n) is 2.87. The zero-order valence-corrected chi connectivity index (χ0v) is 13.7. The van der Waals surface area contributed by atoms with E-state index in [2.05, 4.69) is 5.32 Å². The molecule has 1 aliphatic heterocycles. The molecule has 1 aliphatic carbocycles. The molecule has 1 saturated heterocycles. The predicted octanol–water partition coefficient (Wildman–Crippen LogP) is 2.59. The van der Waals surface area contributed by atoms with Gasteiger partial charge in [-0.15, -0.1) is 0 Å². The van der Waals surface area contributed by atoms with Crippen molar-refractivity contribution in [2.75, 3.05) is 25.0 Å². The van der Waals surface area contributed by atoms with Crippen molar-refractivity contribution in [1.29, 1.82) is 0 Å². The van der Waals surface area contributed by atoms with E-state index in [0.29, 0.717) is 25.3 Å². The van der Waals surface area contributed by atoms with Gasteiger partial charge in [-0.3, -0.25) is 10.1 Å². The number of non-ortho nitro benzene ring substituents is 1. The SMILES string of the molecule is O=[N+]([O-])c1ccc(NCCC2CC2)c(S(=O)(=O)N2CCCC2)c1. The lowest BCUT2D eigenvalue weighted by atomic mass is 10.2. The van der Waals surface area contributed by atoms with Crippen molar-refractivity contribution in [3.05, 3.63) is 28.3 Å². The maximum atomic E-state index is 12.8. The minimum absolute atomic E-state index is 0.0180. The molecular weight excluding hydrogens is 318 g/mol. The first-order valence-corrected chi connectivity index (χ1v) is 9.45. The number of nitro benzene ring substituents is 1. The first-order valence-electron chi connectivity index (χ1n) is 8.01. The van der Waals surface area contributed by atoms with Gasteiger partial charge in [-0.25, -0.2) is 8.42 Å². The van der Waals surface area contributed by atoms with Gasteiger partial charge in [0.2, 0.25) is 10.0 Å². The van der Waals surface area contributed by atoms with Gasteiger partial charge in [0.05, 0.1) is 10.6 Å². The quantitative estimate of drug-likeness (QED) is 0.609. The predicted molar refractivity (Wildman–Crippen MR) is 86.9 cm³/mol. The zero-order chi connectivity index (χ0) is 16.4. The van der Waals surface area contributed by atoms with E-state index in [0.717, 1.165) is 25.2 Å². The fraction of sp³-hybridized carbons (Fsp3) is 0.600. The van der Waals surface area contributed by atoms with Crippen LogP contribution in [0, 0.1) is 16.0 Å². The van der Waals surface area contributed by atoms with Crippen LogP contribution in [0.25, 0.3) is 0 Å². The van der Waals surface area contributed by atoms with Crippen LogP contribution < -0.4 is 5.32 Å². The molecule has 1 aromatic rings. The van der Waals surface area contributed by atoms with E-state index < -0.39 is 14.9 Å². The van der Waals surface area contributed by atoms with Crippen LogP contribution in [0.1, 0.15) is 32.1 Å². The average molecular weight is 339 g/mol. The van der Waals surface area contributed by atoms with Crippen LogP contribution in [0.5, 0.6) is 0 Å². The number of nitro groups is 1. The van der Waals surface area contributed by atoms with E-state index in [4.69, 9.17) is 0 Å². The molecule has 2 fully saturated rings. The van der Waals surface area contributed by atoms with Crippen molar-refractivity contribution in [3.63, 3.8) is 0 Å². The number of benzene rings is 1. The van der Waals surface area contributed by atoms with Crippen LogP contribution in [-0.4, -0.2) is 37.3 Å². The highest BCUT2D eigenvalue weighted by Gasteiger charge is 2.31. The molecule has 1 heterocycles. The van der Waals surface area contributed by atoms with Crippen LogP contribution in [0.2, 0.25) is 0 Å². The number of anilines is 1. The Bertz CT molecular complexity index is 695. The van der Waals surface area contributed by atoms with E-state index in [1.54, 1.807) is 0 Å². The van der Waals surface area contributed by atoms with Crippen molar-refractivity contribution in [3.8, 4) is 0 Å². The van der Waals surface area contributed by atoms with Gasteiger partial charge in [0.25, 0.3) is 5.69 Å². The molecule has 1 saturated carbocycles. The molecule has 23 heavy (non-hydrogen) atoms. The number of nitrogens with one attached hydrogen (secondary N) is 1. The Morgan fingerprint density at radius 1 is 1.26 bits per heavy atom. The van der Waals surface area contributed by atoms with Crippen molar-refractivity contribution < 1.29 is 13.3 Å². The summed E-state index contributed by atoms with van der Waals surface area (Å²) in [6, 6.07) is 4.03. The molecule has 0 spiro atoms. The molecule has 0 atom stereocenters. The Morgan fingerprint density at radius 3 is 2.57 bits per heavy atom. The highest BCUT2D eigenvalue weighted by Crippen LogP contribution is 2.34. The van der Waals surface area contributed by atoms with Gasteiger partial charge in [0, 0.05) is 31.8 Å². The highest BCUT2D eigenvalue weighted by molar-refractivity contribution is 7.89. The highest BCUT2D eigenvalue weighted by atomic mass is 32.2. The average Bonchev–Trinajstić information content (AvgIpc) is 3.16. The number of rotatable bonds is 7. The van der Waals surface area contributed by atoms with Gasteiger partial charge in [-0.1, -0.05) is 12.8 Å². The van der Waals surface area contributed by atoms with Crippen LogP contribution in [0.4, 0.5) is 11.4 Å². The Hall–Kier alpha value is -1.67. The summed E-state index contributed by atoms with van der Waals surface area (Å²) >= 11 is 0. The molecule has 0 aromatic heterocycles. The smallest absolute Gasteiger partial charge is 0.270 e. The third-order valence-electron chi connectivity index (χ3n) is 4.42. The molecule has 1 N–H and O–H groups in total. The minimum atomic E-state index is -3.69. The third kappa shape index (κ3) is 3.64. The van der Waals surface area contributed by atoms with E-state index >= 15 is 0 Å². The lowest BCUT2D eigenvalue weighted by Gasteiger charge is -2.18. The molecule has 0 amide bonds. The molecule has 1 aromatic carbocycles. The van der Waals surface area contributed by atoms with E-state index in [1.165, 1.54) is 35.3 Å². The second-order valence-electron chi connectivity index (χ2n) is 6.21. The van der Waals surface area contributed by atoms with Crippen molar-refractivity contribution in [1.82, 2.24) is 4.31 Å². The van der Waals surface area contributed by atoms with Gasteiger partial charge in [-0.2, -0.15) is 4.31 Å². The fourth-order valence-corrected chi connectivity index (χ4v) is 4.57. The molecule has 126 valence electrons. The maximum absolute atomic E-state index is 12.8.